The topological polar surface area (TPSA) is 143 Å². The molecule has 64 heavy (non-hydrogen) atoms. The summed E-state index contributed by atoms with van der Waals surface area (Å²) in [5.74, 6) is -0.0621. The molecular weight excluding hydrogens is 879 g/mol. The van der Waals surface area contributed by atoms with Crippen LogP contribution in [-0.4, -0.2) is 105 Å². The Kier molecular flexibility index (Phi) is 14.3. The first-order valence-electron chi connectivity index (χ1n) is 20.7. The first kappa shape index (κ1) is 44.9. The minimum Gasteiger partial charge on any atom is -0.496 e. The summed E-state index contributed by atoms with van der Waals surface area (Å²) in [6.07, 6.45) is 1.94. The molecule has 0 unspecified atom stereocenters. The van der Waals surface area contributed by atoms with Gasteiger partial charge in [0.25, 0.3) is 0 Å². The van der Waals surface area contributed by atoms with Crippen LogP contribution in [0.4, 0.5) is 4.39 Å². The van der Waals surface area contributed by atoms with Gasteiger partial charge in [0.2, 0.25) is 12.0 Å². The Hall–Kier alpha value is -5.74. The fraction of sp³-hybridized carbons (Fsp3) is 0.271. The summed E-state index contributed by atoms with van der Waals surface area (Å²) in [6.45, 7) is 4.35. The number of benzene rings is 4. The average Bonchev–Trinajstić information content (AvgIpc) is 3.69. The number of halogens is 3. The highest BCUT2D eigenvalue weighted by molar-refractivity contribution is 7.22. The lowest BCUT2D eigenvalue weighted by Crippen LogP contribution is -2.47. The first-order chi connectivity index (χ1) is 31.0. The lowest BCUT2D eigenvalue weighted by Gasteiger charge is -2.33. The number of β-amino-alcohol motifs (C(OH)–C–C–N with tert-alkyl or cyclic N) is 1. The third-order valence-corrected chi connectivity index (χ3v) is 12.6. The molecule has 330 valence electrons. The fourth-order valence-corrected chi connectivity index (χ4v) is 9.40. The molecule has 0 spiro atoms. The Bertz CT molecular complexity index is 2730. The molecule has 2 N–H and O–H groups in total. The van der Waals surface area contributed by atoms with Crippen molar-refractivity contribution in [1.29, 1.82) is 0 Å². The van der Waals surface area contributed by atoms with Crippen molar-refractivity contribution in [2.75, 3.05) is 46.9 Å². The highest BCUT2D eigenvalue weighted by Crippen LogP contribution is 2.48. The Balaban J connectivity index is 1.11. The molecule has 3 aromatic heterocycles. The third-order valence-electron chi connectivity index (χ3n) is 11.0. The number of hydrogen-bond acceptors (Lipinski definition) is 12. The molecule has 4 heterocycles. The smallest absolute Gasteiger partial charge is 0.345 e. The fourth-order valence-electron chi connectivity index (χ4n) is 7.72. The van der Waals surface area contributed by atoms with E-state index in [9.17, 15) is 19.4 Å². The second-order valence-corrected chi connectivity index (χ2v) is 17.4. The molecule has 0 saturated carbocycles. The van der Waals surface area contributed by atoms with Crippen LogP contribution in [0.15, 0.2) is 104 Å². The predicted octanol–water partition coefficient (Wildman–Crippen LogP) is 9.13. The molecule has 1 aliphatic heterocycles. The molecule has 16 heteroatoms. The maximum atomic E-state index is 14.1. The van der Waals surface area contributed by atoms with Crippen molar-refractivity contribution in [3.05, 3.63) is 136 Å². The quantitative estimate of drug-likeness (QED) is 0.0900. The number of ether oxygens (including phenoxy) is 3. The number of piperazine rings is 1. The van der Waals surface area contributed by atoms with E-state index >= 15 is 0 Å². The number of carboxylic acid groups (broad SMARTS) is 1. The van der Waals surface area contributed by atoms with Crippen LogP contribution in [-0.2, 0) is 24.2 Å². The van der Waals surface area contributed by atoms with E-state index in [0.717, 1.165) is 37.3 Å². The largest absolute Gasteiger partial charge is 0.496 e. The second-order valence-electron chi connectivity index (χ2n) is 15.6. The van der Waals surface area contributed by atoms with Crippen LogP contribution in [0.3, 0.4) is 0 Å². The maximum Gasteiger partial charge on any atom is 0.345 e. The Morgan fingerprint density at radius 3 is 2.42 bits per heavy atom. The Labute approximate surface area is 383 Å². The molecule has 0 bridgehead atoms. The number of nitrogens with zero attached hydrogens (tertiary/aromatic N) is 6. The van der Waals surface area contributed by atoms with Crippen LogP contribution in [0.5, 0.6) is 17.4 Å². The Morgan fingerprint density at radius 2 is 1.67 bits per heavy atom. The molecule has 1 fully saturated rings. The van der Waals surface area contributed by atoms with Crippen LogP contribution in [0.25, 0.3) is 43.2 Å². The van der Waals surface area contributed by atoms with Gasteiger partial charge in [0.15, 0.2) is 5.82 Å². The molecule has 8 rings (SSSR count). The number of likely N-dealkylation sites (N-methyl/N-ethyl adjacent to an activating group) is 1. The van der Waals surface area contributed by atoms with Gasteiger partial charge in [0.05, 0.1) is 29.9 Å². The average molecular weight is 924 g/mol. The zero-order chi connectivity index (χ0) is 44.7. The molecule has 0 radical (unpaired) electrons. The molecule has 0 amide bonds. The predicted molar refractivity (Wildman–Crippen MR) is 247 cm³/mol. The molecule has 2 atom stereocenters. The van der Waals surface area contributed by atoms with Gasteiger partial charge in [0, 0.05) is 65.8 Å². The van der Waals surface area contributed by atoms with Crippen molar-refractivity contribution >= 4 is 50.7 Å². The number of carbonyl (C=O) groups is 1. The standard InChI is InChI=1S/C48H45Cl2FN6O6S/c1-56-17-19-57(20-18-56)26-37(58)13-7-29-8-14-39(62-27-36-15-16-52-45(55-36)38-5-3-4-6-40(38)61-2)31(21-29)24-41(48(59)60)63-46-43-42(32-22-33(49)25-34(50)23-32)44(64-47(43)54-28-53-46)30-9-11-35(51)12-10-30/h3-6,8-12,14-16,21-23,25,28,37,41,58H,7,13,17-20,24,26-27H2,1-2H3,(H,59,60)/t37-,41+/m1/s1. The van der Waals surface area contributed by atoms with Gasteiger partial charge in [-0.15, -0.1) is 11.3 Å². The minimum atomic E-state index is -1.44. The molecule has 4 aromatic carbocycles. The molecule has 7 aromatic rings. The summed E-state index contributed by atoms with van der Waals surface area (Å²) in [5.41, 5.74) is 4.71. The van der Waals surface area contributed by atoms with Crippen LogP contribution >= 0.6 is 34.5 Å². The number of aliphatic hydroxyl groups is 1. The summed E-state index contributed by atoms with van der Waals surface area (Å²) < 4.78 is 32.5. The number of thiophene rings is 1. The zero-order valence-electron chi connectivity index (χ0n) is 35.1. The van der Waals surface area contributed by atoms with Gasteiger partial charge in [-0.2, -0.15) is 0 Å². The third kappa shape index (κ3) is 10.8. The summed E-state index contributed by atoms with van der Waals surface area (Å²) in [4.78, 5) is 37.2. The lowest BCUT2D eigenvalue weighted by molar-refractivity contribution is -0.145. The molecule has 0 aliphatic carbocycles. The summed E-state index contributed by atoms with van der Waals surface area (Å²) in [5, 5.41) is 23.1. The van der Waals surface area contributed by atoms with E-state index in [2.05, 4.69) is 31.8 Å². The molecule has 1 saturated heterocycles. The van der Waals surface area contributed by atoms with Gasteiger partial charge in [-0.3, -0.25) is 4.90 Å². The van der Waals surface area contributed by atoms with Crippen molar-refractivity contribution in [3.63, 3.8) is 0 Å². The van der Waals surface area contributed by atoms with Crippen molar-refractivity contribution in [2.45, 2.75) is 38.1 Å². The van der Waals surface area contributed by atoms with E-state index in [-0.39, 0.29) is 18.9 Å². The number of hydrogen-bond donors (Lipinski definition) is 2. The number of aryl methyl sites for hydroxylation is 1. The van der Waals surface area contributed by atoms with Gasteiger partial charge < -0.3 is 29.3 Å². The van der Waals surface area contributed by atoms with Crippen LogP contribution in [0.2, 0.25) is 10.0 Å². The zero-order valence-corrected chi connectivity index (χ0v) is 37.4. The van der Waals surface area contributed by atoms with Gasteiger partial charge in [-0.05, 0) is 96.7 Å². The number of aromatic nitrogens is 4. The SMILES string of the molecule is COc1ccccc1-c1nccc(COc2ccc(CC[C@@H](O)CN3CCN(C)CC3)cc2C[C@H](Oc2ncnc3sc(-c4ccc(F)cc4)c(-c4cc(Cl)cc(Cl)c4)c23)C(=O)O)n1. The van der Waals surface area contributed by atoms with Gasteiger partial charge in [-0.25, -0.2) is 29.1 Å². The van der Waals surface area contributed by atoms with E-state index in [4.69, 9.17) is 42.4 Å². The van der Waals surface area contributed by atoms with E-state index < -0.39 is 24.0 Å². The van der Waals surface area contributed by atoms with E-state index in [1.165, 1.54) is 29.8 Å². The van der Waals surface area contributed by atoms with E-state index in [0.29, 0.717) is 89.8 Å². The van der Waals surface area contributed by atoms with E-state index in [1.54, 1.807) is 49.7 Å². The monoisotopic (exact) mass is 922 g/mol. The Morgan fingerprint density at radius 1 is 0.906 bits per heavy atom. The number of rotatable bonds is 17. The summed E-state index contributed by atoms with van der Waals surface area (Å²) in [7, 11) is 3.69. The normalized spacial score (nSPS) is 14.3. The minimum absolute atomic E-state index is 0.0311. The number of para-hydroxylation sites is 1. The summed E-state index contributed by atoms with van der Waals surface area (Å²) in [6, 6.07) is 26.0. The second kappa shape index (κ2) is 20.4. The molecular formula is C48H45Cl2FN6O6S. The van der Waals surface area contributed by atoms with Gasteiger partial charge in [0.1, 0.15) is 35.1 Å². The summed E-state index contributed by atoms with van der Waals surface area (Å²) >= 11 is 14.3. The van der Waals surface area contributed by atoms with Crippen molar-refractivity contribution in [1.82, 2.24) is 29.7 Å². The van der Waals surface area contributed by atoms with Crippen LogP contribution < -0.4 is 14.2 Å². The number of methoxy groups -OCH3 is 1. The molecule has 12 nitrogen and oxygen atoms in total. The van der Waals surface area contributed by atoms with Crippen molar-refractivity contribution in [3.8, 4) is 50.3 Å². The number of carboxylic acids is 1. The number of aliphatic carboxylic acids is 1. The van der Waals surface area contributed by atoms with Crippen LogP contribution in [0.1, 0.15) is 23.2 Å². The molecule has 1 aliphatic rings. The first-order valence-corrected chi connectivity index (χ1v) is 22.3. The lowest BCUT2D eigenvalue weighted by atomic mass is 9.99. The number of aliphatic hydroxyl groups excluding tert-OH is 1. The van der Waals surface area contributed by atoms with Crippen molar-refractivity contribution < 1.29 is 33.6 Å². The van der Waals surface area contributed by atoms with Gasteiger partial charge in [-0.1, -0.05) is 59.6 Å². The van der Waals surface area contributed by atoms with Crippen LogP contribution in [0, 0.1) is 5.82 Å². The highest BCUT2D eigenvalue weighted by Gasteiger charge is 2.28. The number of fused-ring (bicyclic) bond motifs is 1. The highest BCUT2D eigenvalue weighted by atomic mass is 35.5. The van der Waals surface area contributed by atoms with E-state index in [1.807, 2.05) is 42.5 Å². The van der Waals surface area contributed by atoms with Gasteiger partial charge >= 0.3 is 5.97 Å². The van der Waals surface area contributed by atoms with Crippen molar-refractivity contribution in [2.24, 2.45) is 0 Å². The maximum absolute atomic E-state index is 14.1.